The van der Waals surface area contributed by atoms with Crippen LogP contribution in [0.25, 0.3) is 11.1 Å². The lowest BCUT2D eigenvalue weighted by molar-refractivity contribution is 0.171. The fourth-order valence-electron chi connectivity index (χ4n) is 2.16. The number of hydrogen-bond acceptors (Lipinski definition) is 5. The standard InChI is InChI=1S/C15H12N2O3/c1-18-15-12(9-16)11(4-5-17-15)10-2-3-13-14(8-10)20-7-6-19-13/h2-5,8H,6-7H2,1H3. The lowest BCUT2D eigenvalue weighted by atomic mass is 10.0. The Kier molecular flexibility index (Phi) is 3.13. The number of rotatable bonds is 2. The summed E-state index contributed by atoms with van der Waals surface area (Å²) in [5, 5.41) is 9.30. The second-order valence-electron chi connectivity index (χ2n) is 4.21. The molecule has 0 aliphatic carbocycles. The van der Waals surface area contributed by atoms with Crippen LogP contribution in [0.4, 0.5) is 0 Å². The Labute approximate surface area is 116 Å². The number of nitriles is 1. The lowest BCUT2D eigenvalue weighted by Crippen LogP contribution is -2.15. The summed E-state index contributed by atoms with van der Waals surface area (Å²) >= 11 is 0. The summed E-state index contributed by atoms with van der Waals surface area (Å²) in [6.45, 7) is 1.08. The van der Waals surface area contributed by atoms with Gasteiger partial charge in [0, 0.05) is 11.8 Å². The number of methoxy groups -OCH3 is 1. The highest BCUT2D eigenvalue weighted by Crippen LogP contribution is 2.36. The van der Waals surface area contributed by atoms with Crippen molar-refractivity contribution in [3.63, 3.8) is 0 Å². The van der Waals surface area contributed by atoms with Crippen molar-refractivity contribution in [1.29, 1.82) is 5.26 Å². The largest absolute Gasteiger partial charge is 0.486 e. The van der Waals surface area contributed by atoms with Crippen LogP contribution in [0.15, 0.2) is 30.5 Å². The van der Waals surface area contributed by atoms with Crippen molar-refractivity contribution in [2.75, 3.05) is 20.3 Å². The van der Waals surface area contributed by atoms with Gasteiger partial charge < -0.3 is 14.2 Å². The minimum absolute atomic E-state index is 0.319. The first-order valence-corrected chi connectivity index (χ1v) is 6.16. The van der Waals surface area contributed by atoms with E-state index in [4.69, 9.17) is 14.2 Å². The maximum atomic E-state index is 9.30. The van der Waals surface area contributed by atoms with Crippen LogP contribution in [0, 0.1) is 11.3 Å². The number of nitrogens with zero attached hydrogens (tertiary/aromatic N) is 2. The Morgan fingerprint density at radius 3 is 2.75 bits per heavy atom. The van der Waals surface area contributed by atoms with Gasteiger partial charge in [-0.05, 0) is 23.8 Å². The van der Waals surface area contributed by atoms with E-state index in [2.05, 4.69) is 11.1 Å². The van der Waals surface area contributed by atoms with E-state index in [1.165, 1.54) is 7.11 Å². The van der Waals surface area contributed by atoms with Gasteiger partial charge in [-0.3, -0.25) is 0 Å². The second kappa shape index (κ2) is 5.10. The molecule has 1 aromatic carbocycles. The number of fused-ring (bicyclic) bond motifs is 1. The molecule has 3 rings (SSSR count). The molecule has 0 saturated heterocycles. The summed E-state index contributed by atoms with van der Waals surface area (Å²) < 4.78 is 16.2. The number of hydrogen-bond donors (Lipinski definition) is 0. The van der Waals surface area contributed by atoms with Crippen LogP contribution < -0.4 is 14.2 Å². The van der Waals surface area contributed by atoms with Crippen LogP contribution >= 0.6 is 0 Å². The summed E-state index contributed by atoms with van der Waals surface area (Å²) in [7, 11) is 1.50. The van der Waals surface area contributed by atoms with Gasteiger partial charge in [-0.2, -0.15) is 5.26 Å². The van der Waals surface area contributed by atoms with Crippen molar-refractivity contribution in [3.8, 4) is 34.6 Å². The minimum Gasteiger partial charge on any atom is -0.486 e. The Morgan fingerprint density at radius 1 is 1.20 bits per heavy atom. The average Bonchev–Trinajstić information content (AvgIpc) is 2.53. The van der Waals surface area contributed by atoms with E-state index in [9.17, 15) is 5.26 Å². The van der Waals surface area contributed by atoms with Crippen LogP contribution in [-0.2, 0) is 0 Å². The summed E-state index contributed by atoms with van der Waals surface area (Å²) in [5.74, 6) is 1.73. The van der Waals surface area contributed by atoms with Gasteiger partial charge in [-0.1, -0.05) is 6.07 Å². The molecular weight excluding hydrogens is 256 g/mol. The molecule has 1 aromatic heterocycles. The molecule has 5 nitrogen and oxygen atoms in total. The molecule has 0 amide bonds. The van der Waals surface area contributed by atoms with Crippen LogP contribution in [-0.4, -0.2) is 25.3 Å². The lowest BCUT2D eigenvalue weighted by Gasteiger charge is -2.19. The molecular formula is C15H12N2O3. The molecule has 0 saturated carbocycles. The third-order valence-corrected chi connectivity index (χ3v) is 3.07. The third kappa shape index (κ3) is 2.01. The SMILES string of the molecule is COc1nccc(-c2ccc3c(c2)OCCO3)c1C#N. The first kappa shape index (κ1) is 12.3. The fourth-order valence-corrected chi connectivity index (χ4v) is 2.16. The number of aromatic nitrogens is 1. The molecule has 0 fully saturated rings. The Bertz CT molecular complexity index is 692. The topological polar surface area (TPSA) is 64.4 Å². The highest BCUT2D eigenvalue weighted by Gasteiger charge is 2.16. The molecule has 1 aliphatic heterocycles. The summed E-state index contributed by atoms with van der Waals surface area (Å²) in [4.78, 5) is 4.04. The molecule has 0 spiro atoms. The van der Waals surface area contributed by atoms with Crippen LogP contribution in [0.2, 0.25) is 0 Å². The molecule has 100 valence electrons. The van der Waals surface area contributed by atoms with Gasteiger partial charge in [0.15, 0.2) is 11.5 Å². The zero-order chi connectivity index (χ0) is 13.9. The van der Waals surface area contributed by atoms with Crippen molar-refractivity contribution >= 4 is 0 Å². The van der Waals surface area contributed by atoms with Gasteiger partial charge in [0.25, 0.3) is 0 Å². The van der Waals surface area contributed by atoms with E-state index in [0.717, 1.165) is 16.9 Å². The van der Waals surface area contributed by atoms with E-state index in [-0.39, 0.29) is 0 Å². The predicted octanol–water partition coefficient (Wildman–Crippen LogP) is 2.40. The molecule has 2 heterocycles. The van der Waals surface area contributed by atoms with Crippen molar-refractivity contribution in [3.05, 3.63) is 36.0 Å². The summed E-state index contributed by atoms with van der Waals surface area (Å²) in [6, 6.07) is 9.52. The predicted molar refractivity (Wildman–Crippen MR) is 71.9 cm³/mol. The van der Waals surface area contributed by atoms with Gasteiger partial charge in [0.2, 0.25) is 5.88 Å². The molecule has 20 heavy (non-hydrogen) atoms. The second-order valence-corrected chi connectivity index (χ2v) is 4.21. The van der Waals surface area contributed by atoms with Crippen LogP contribution in [0.1, 0.15) is 5.56 Å². The minimum atomic E-state index is 0.319. The third-order valence-electron chi connectivity index (χ3n) is 3.07. The highest BCUT2D eigenvalue weighted by atomic mass is 16.6. The zero-order valence-corrected chi connectivity index (χ0v) is 10.9. The van der Waals surface area contributed by atoms with Gasteiger partial charge in [-0.25, -0.2) is 4.98 Å². The van der Waals surface area contributed by atoms with Crippen LogP contribution in [0.3, 0.4) is 0 Å². The summed E-state index contributed by atoms with van der Waals surface area (Å²) in [5.41, 5.74) is 2.04. The number of pyridine rings is 1. The quantitative estimate of drug-likeness (QED) is 0.836. The van der Waals surface area contributed by atoms with E-state index in [1.54, 1.807) is 12.3 Å². The fraction of sp³-hybridized carbons (Fsp3) is 0.200. The first-order valence-electron chi connectivity index (χ1n) is 6.16. The van der Waals surface area contributed by atoms with Crippen molar-refractivity contribution < 1.29 is 14.2 Å². The molecule has 1 aliphatic rings. The number of benzene rings is 1. The Morgan fingerprint density at radius 2 is 2.00 bits per heavy atom. The Balaban J connectivity index is 2.12. The van der Waals surface area contributed by atoms with Crippen molar-refractivity contribution in [2.45, 2.75) is 0 Å². The molecule has 0 unspecified atom stereocenters. The summed E-state index contributed by atoms with van der Waals surface area (Å²) in [6.07, 6.45) is 1.62. The zero-order valence-electron chi connectivity index (χ0n) is 10.9. The van der Waals surface area contributed by atoms with Gasteiger partial charge >= 0.3 is 0 Å². The average molecular weight is 268 g/mol. The number of ether oxygens (including phenoxy) is 3. The van der Waals surface area contributed by atoms with E-state index in [1.807, 2.05) is 18.2 Å². The van der Waals surface area contributed by atoms with Gasteiger partial charge in [-0.15, -0.1) is 0 Å². The van der Waals surface area contributed by atoms with Crippen molar-refractivity contribution in [2.24, 2.45) is 0 Å². The molecule has 0 bridgehead atoms. The van der Waals surface area contributed by atoms with Crippen molar-refractivity contribution in [1.82, 2.24) is 4.98 Å². The molecule has 5 heteroatoms. The van der Waals surface area contributed by atoms with E-state index < -0.39 is 0 Å². The monoisotopic (exact) mass is 268 g/mol. The smallest absolute Gasteiger partial charge is 0.232 e. The normalized spacial score (nSPS) is 12.6. The molecule has 0 atom stereocenters. The Hall–Kier alpha value is -2.74. The van der Waals surface area contributed by atoms with E-state index >= 15 is 0 Å². The first-order chi connectivity index (χ1) is 9.83. The maximum absolute atomic E-state index is 9.30. The molecule has 0 N–H and O–H groups in total. The molecule has 0 radical (unpaired) electrons. The van der Waals surface area contributed by atoms with E-state index in [0.29, 0.717) is 30.4 Å². The van der Waals surface area contributed by atoms with Gasteiger partial charge in [0.1, 0.15) is 24.8 Å². The highest BCUT2D eigenvalue weighted by molar-refractivity contribution is 5.74. The van der Waals surface area contributed by atoms with Crippen LogP contribution in [0.5, 0.6) is 17.4 Å². The molecule has 2 aromatic rings. The van der Waals surface area contributed by atoms with Gasteiger partial charge in [0.05, 0.1) is 7.11 Å². The maximum Gasteiger partial charge on any atom is 0.232 e.